The lowest BCUT2D eigenvalue weighted by atomic mass is 10.1. The van der Waals surface area contributed by atoms with Crippen molar-refractivity contribution in [1.29, 1.82) is 0 Å². The summed E-state index contributed by atoms with van der Waals surface area (Å²) in [6, 6.07) is 8.99. The van der Waals surface area contributed by atoms with E-state index in [-0.39, 0.29) is 0 Å². The van der Waals surface area contributed by atoms with Gasteiger partial charge in [0.1, 0.15) is 5.75 Å². The first-order chi connectivity index (χ1) is 8.22. The molecule has 0 saturated carbocycles. The number of likely N-dealkylation sites (tertiary alicyclic amines) is 1. The van der Waals surface area contributed by atoms with Crippen LogP contribution in [0, 0.1) is 5.92 Å². The molecule has 2 unspecified atom stereocenters. The first kappa shape index (κ1) is 12.4. The van der Waals surface area contributed by atoms with Crippen molar-refractivity contribution in [3.05, 3.63) is 29.8 Å². The molecule has 0 radical (unpaired) electrons. The Kier molecular flexibility index (Phi) is 4.02. The number of hydrogen-bond acceptors (Lipinski definition) is 3. The molecule has 3 nitrogen and oxygen atoms in total. The summed E-state index contributed by atoms with van der Waals surface area (Å²) < 4.78 is 5.17. The smallest absolute Gasteiger partial charge is 0.118 e. The number of nitrogens with one attached hydrogen (secondary N) is 1. The number of likely N-dealkylation sites (N-methyl/N-ethyl adjacent to an activating group) is 1. The van der Waals surface area contributed by atoms with E-state index in [9.17, 15) is 0 Å². The van der Waals surface area contributed by atoms with Crippen molar-refractivity contribution in [3.8, 4) is 5.75 Å². The van der Waals surface area contributed by atoms with E-state index in [0.717, 1.165) is 24.8 Å². The van der Waals surface area contributed by atoms with E-state index in [0.29, 0.717) is 6.04 Å². The first-order valence-electron chi connectivity index (χ1n) is 6.25. The highest BCUT2D eigenvalue weighted by Gasteiger charge is 2.27. The first-order valence-corrected chi connectivity index (χ1v) is 6.25. The third kappa shape index (κ3) is 2.99. The highest BCUT2D eigenvalue weighted by Crippen LogP contribution is 2.19. The highest BCUT2D eigenvalue weighted by molar-refractivity contribution is 5.27. The number of rotatable bonds is 4. The number of nitrogens with zero attached hydrogens (tertiary/aromatic N) is 1. The molecule has 1 fully saturated rings. The van der Waals surface area contributed by atoms with Crippen LogP contribution in [0.1, 0.15) is 12.5 Å². The summed E-state index contributed by atoms with van der Waals surface area (Å²) in [7, 11) is 3.76. The Morgan fingerprint density at radius 3 is 2.53 bits per heavy atom. The van der Waals surface area contributed by atoms with Crippen molar-refractivity contribution in [2.45, 2.75) is 19.5 Å². The molecule has 1 N–H and O–H groups in total. The van der Waals surface area contributed by atoms with Gasteiger partial charge in [0.15, 0.2) is 0 Å². The van der Waals surface area contributed by atoms with Gasteiger partial charge >= 0.3 is 0 Å². The maximum Gasteiger partial charge on any atom is 0.118 e. The molecule has 1 aliphatic rings. The molecule has 1 saturated heterocycles. The lowest BCUT2D eigenvalue weighted by molar-refractivity contribution is 0.317. The van der Waals surface area contributed by atoms with Gasteiger partial charge in [0.25, 0.3) is 0 Å². The van der Waals surface area contributed by atoms with E-state index in [1.165, 1.54) is 12.1 Å². The molecule has 1 aromatic rings. The fourth-order valence-corrected chi connectivity index (χ4v) is 2.56. The van der Waals surface area contributed by atoms with Crippen molar-refractivity contribution in [1.82, 2.24) is 10.2 Å². The van der Waals surface area contributed by atoms with Crippen LogP contribution in [0.5, 0.6) is 5.75 Å². The molecule has 0 bridgehead atoms. The second-order valence-electron chi connectivity index (χ2n) is 4.91. The van der Waals surface area contributed by atoms with Crippen LogP contribution in [0.4, 0.5) is 0 Å². The molecule has 1 heterocycles. The second-order valence-corrected chi connectivity index (χ2v) is 4.91. The van der Waals surface area contributed by atoms with Crippen molar-refractivity contribution < 1.29 is 4.74 Å². The van der Waals surface area contributed by atoms with E-state index < -0.39 is 0 Å². The standard InChI is InChI=1S/C14H22N2O/c1-11-8-16(10-14(11)15-2)9-12-4-6-13(17-3)7-5-12/h4-7,11,14-15H,8-10H2,1-3H3. The molecule has 0 aromatic heterocycles. The summed E-state index contributed by atoms with van der Waals surface area (Å²) in [5.74, 6) is 1.66. The highest BCUT2D eigenvalue weighted by atomic mass is 16.5. The van der Waals surface area contributed by atoms with Gasteiger partial charge in [0.05, 0.1) is 7.11 Å². The Balaban J connectivity index is 1.93. The Labute approximate surface area is 104 Å². The van der Waals surface area contributed by atoms with E-state index in [2.05, 4.69) is 36.3 Å². The summed E-state index contributed by atoms with van der Waals surface area (Å²) in [4.78, 5) is 2.51. The summed E-state index contributed by atoms with van der Waals surface area (Å²) in [5.41, 5.74) is 1.36. The molecule has 2 atom stereocenters. The predicted octanol–water partition coefficient (Wildman–Crippen LogP) is 1.73. The quantitative estimate of drug-likeness (QED) is 0.859. The molecular weight excluding hydrogens is 212 g/mol. The van der Waals surface area contributed by atoms with Gasteiger partial charge in [-0.15, -0.1) is 0 Å². The van der Waals surface area contributed by atoms with E-state index in [1.807, 2.05) is 12.1 Å². The Bertz CT molecular complexity index is 350. The van der Waals surface area contributed by atoms with Gasteiger partial charge in [0.2, 0.25) is 0 Å². The average Bonchev–Trinajstić information content (AvgIpc) is 2.70. The molecule has 3 heteroatoms. The van der Waals surface area contributed by atoms with E-state index in [4.69, 9.17) is 4.74 Å². The SMILES string of the molecule is CNC1CN(Cc2ccc(OC)cc2)CC1C. The molecule has 0 aliphatic carbocycles. The van der Waals surface area contributed by atoms with Crippen LogP contribution >= 0.6 is 0 Å². The maximum absolute atomic E-state index is 5.17. The zero-order valence-electron chi connectivity index (χ0n) is 10.9. The van der Waals surface area contributed by atoms with Gasteiger partial charge in [-0.05, 0) is 30.7 Å². The fraction of sp³-hybridized carbons (Fsp3) is 0.571. The third-order valence-electron chi connectivity index (χ3n) is 3.62. The normalized spacial score (nSPS) is 25.1. The van der Waals surface area contributed by atoms with Crippen molar-refractivity contribution >= 4 is 0 Å². The molecule has 2 rings (SSSR count). The summed E-state index contributed by atoms with van der Waals surface area (Å²) in [6.45, 7) is 5.67. The van der Waals surface area contributed by atoms with Crippen LogP contribution in [0.15, 0.2) is 24.3 Å². The largest absolute Gasteiger partial charge is 0.497 e. The minimum Gasteiger partial charge on any atom is -0.497 e. The molecule has 1 aliphatic heterocycles. The Morgan fingerprint density at radius 1 is 1.29 bits per heavy atom. The van der Waals surface area contributed by atoms with Crippen LogP contribution in [0.2, 0.25) is 0 Å². The van der Waals surface area contributed by atoms with Crippen LogP contribution in [-0.2, 0) is 6.54 Å². The van der Waals surface area contributed by atoms with Gasteiger partial charge in [-0.1, -0.05) is 19.1 Å². The summed E-state index contributed by atoms with van der Waals surface area (Å²) in [5, 5.41) is 3.39. The number of hydrogen-bond donors (Lipinski definition) is 1. The number of ether oxygens (including phenoxy) is 1. The lowest BCUT2D eigenvalue weighted by Gasteiger charge is -2.15. The monoisotopic (exact) mass is 234 g/mol. The van der Waals surface area contributed by atoms with Gasteiger partial charge in [0, 0.05) is 25.7 Å². The zero-order chi connectivity index (χ0) is 12.3. The minimum absolute atomic E-state index is 0.633. The van der Waals surface area contributed by atoms with Crippen molar-refractivity contribution in [2.75, 3.05) is 27.2 Å². The topological polar surface area (TPSA) is 24.5 Å². The molecule has 17 heavy (non-hydrogen) atoms. The van der Waals surface area contributed by atoms with Gasteiger partial charge in [-0.2, -0.15) is 0 Å². The van der Waals surface area contributed by atoms with Crippen LogP contribution in [0.25, 0.3) is 0 Å². The van der Waals surface area contributed by atoms with Gasteiger partial charge in [-0.25, -0.2) is 0 Å². The number of benzene rings is 1. The van der Waals surface area contributed by atoms with Gasteiger partial charge in [-0.3, -0.25) is 4.90 Å². The fourth-order valence-electron chi connectivity index (χ4n) is 2.56. The van der Waals surface area contributed by atoms with Crippen molar-refractivity contribution in [3.63, 3.8) is 0 Å². The minimum atomic E-state index is 0.633. The molecule has 1 aromatic carbocycles. The van der Waals surface area contributed by atoms with E-state index in [1.54, 1.807) is 7.11 Å². The van der Waals surface area contributed by atoms with Crippen LogP contribution in [0.3, 0.4) is 0 Å². The average molecular weight is 234 g/mol. The zero-order valence-corrected chi connectivity index (χ0v) is 10.9. The van der Waals surface area contributed by atoms with Gasteiger partial charge < -0.3 is 10.1 Å². The lowest BCUT2D eigenvalue weighted by Crippen LogP contribution is -2.32. The molecular formula is C14H22N2O. The van der Waals surface area contributed by atoms with Crippen LogP contribution in [-0.4, -0.2) is 38.2 Å². The molecule has 0 amide bonds. The Morgan fingerprint density at radius 2 is 2.00 bits per heavy atom. The third-order valence-corrected chi connectivity index (χ3v) is 3.62. The molecule has 0 spiro atoms. The maximum atomic E-state index is 5.17. The second kappa shape index (κ2) is 5.52. The van der Waals surface area contributed by atoms with Crippen LogP contribution < -0.4 is 10.1 Å². The summed E-state index contributed by atoms with van der Waals surface area (Å²) in [6.07, 6.45) is 0. The Hall–Kier alpha value is -1.06. The number of methoxy groups -OCH3 is 1. The summed E-state index contributed by atoms with van der Waals surface area (Å²) >= 11 is 0. The van der Waals surface area contributed by atoms with E-state index >= 15 is 0 Å². The van der Waals surface area contributed by atoms with Crippen molar-refractivity contribution in [2.24, 2.45) is 5.92 Å². The molecule has 94 valence electrons. The predicted molar refractivity (Wildman–Crippen MR) is 70.3 cm³/mol.